The first-order valence-electron chi connectivity index (χ1n) is 6.94. The number of amides is 1. The summed E-state index contributed by atoms with van der Waals surface area (Å²) in [5.41, 5.74) is 0.600. The Morgan fingerprint density at radius 2 is 1.95 bits per heavy atom. The fraction of sp³-hybridized carbons (Fsp3) is 0.375. The van der Waals surface area contributed by atoms with Gasteiger partial charge in [-0.2, -0.15) is 0 Å². The van der Waals surface area contributed by atoms with Gasteiger partial charge in [0.15, 0.2) is 0 Å². The van der Waals surface area contributed by atoms with Crippen molar-refractivity contribution in [3.05, 3.63) is 36.4 Å². The van der Waals surface area contributed by atoms with Gasteiger partial charge in [-0.1, -0.05) is 18.2 Å². The van der Waals surface area contributed by atoms with E-state index in [1.807, 2.05) is 12.2 Å². The number of methoxy groups -OCH3 is 1. The average molecular weight is 286 g/mol. The van der Waals surface area contributed by atoms with Crippen molar-refractivity contribution in [1.29, 1.82) is 0 Å². The maximum atomic E-state index is 12.4. The van der Waals surface area contributed by atoms with Crippen LogP contribution >= 0.6 is 0 Å². The second-order valence-electron chi connectivity index (χ2n) is 5.54. The monoisotopic (exact) mass is 286 g/mol. The molecule has 110 valence electrons. The van der Waals surface area contributed by atoms with E-state index < -0.39 is 17.8 Å². The van der Waals surface area contributed by atoms with Gasteiger partial charge in [0.05, 0.1) is 13.0 Å². The molecule has 1 N–H and O–H groups in total. The van der Waals surface area contributed by atoms with Gasteiger partial charge in [-0.05, 0) is 30.4 Å². The molecule has 2 aliphatic rings. The summed E-state index contributed by atoms with van der Waals surface area (Å²) in [6.45, 7) is 0. The minimum Gasteiger partial charge on any atom is -0.550 e. The molecule has 2 bridgehead atoms. The molecule has 0 saturated heterocycles. The number of fused-ring (bicyclic) bond motifs is 2. The van der Waals surface area contributed by atoms with E-state index in [4.69, 9.17) is 4.74 Å². The van der Waals surface area contributed by atoms with Gasteiger partial charge in [0.25, 0.3) is 0 Å². The summed E-state index contributed by atoms with van der Waals surface area (Å²) >= 11 is 0. The lowest BCUT2D eigenvalue weighted by molar-refractivity contribution is -0.313. The average Bonchev–Trinajstić information content (AvgIpc) is 3.07. The van der Waals surface area contributed by atoms with E-state index in [1.165, 1.54) is 0 Å². The zero-order chi connectivity index (χ0) is 15.0. The predicted octanol–water partition coefficient (Wildman–Crippen LogP) is 0.822. The lowest BCUT2D eigenvalue weighted by Crippen LogP contribution is -2.42. The molecule has 1 aromatic carbocycles. The van der Waals surface area contributed by atoms with E-state index >= 15 is 0 Å². The fourth-order valence-corrected chi connectivity index (χ4v) is 3.43. The van der Waals surface area contributed by atoms with Crippen molar-refractivity contribution in [2.75, 3.05) is 12.4 Å². The van der Waals surface area contributed by atoms with Gasteiger partial charge in [0, 0.05) is 23.6 Å². The number of hydrogen-bond acceptors (Lipinski definition) is 4. The number of carboxylic acids is 1. The standard InChI is InChI=1S/C16H17NO4/c1-21-12-4-2-3-11(8-12)17-15(18)13-9-5-6-10(7-9)14(13)16(19)20/h2-6,8-10,13-14H,7H2,1H3,(H,17,18)(H,19,20)/p-1/t9-,10-,13-,14-/m0/s1. The number of carbonyl (C=O) groups excluding carboxylic acids is 2. The lowest BCUT2D eigenvalue weighted by atomic mass is 9.82. The van der Waals surface area contributed by atoms with E-state index in [0.717, 1.165) is 6.42 Å². The number of rotatable bonds is 4. The first-order chi connectivity index (χ1) is 10.1. The summed E-state index contributed by atoms with van der Waals surface area (Å²) in [5.74, 6) is -2.16. The Balaban J connectivity index is 1.78. The highest BCUT2D eigenvalue weighted by molar-refractivity contribution is 5.96. The Morgan fingerprint density at radius 3 is 2.62 bits per heavy atom. The highest BCUT2D eigenvalue weighted by Crippen LogP contribution is 2.48. The van der Waals surface area contributed by atoms with E-state index in [9.17, 15) is 14.7 Å². The van der Waals surface area contributed by atoms with Crippen molar-refractivity contribution in [3.63, 3.8) is 0 Å². The third-order valence-corrected chi connectivity index (χ3v) is 4.37. The van der Waals surface area contributed by atoms with Crippen molar-refractivity contribution in [3.8, 4) is 5.75 Å². The second-order valence-corrected chi connectivity index (χ2v) is 5.54. The highest BCUT2D eigenvalue weighted by atomic mass is 16.5. The first-order valence-corrected chi connectivity index (χ1v) is 6.94. The molecule has 0 aromatic heterocycles. The molecule has 1 fully saturated rings. The lowest BCUT2D eigenvalue weighted by Gasteiger charge is -2.27. The Bertz CT molecular complexity index is 610. The Hall–Kier alpha value is -2.30. The van der Waals surface area contributed by atoms with Gasteiger partial charge in [-0.15, -0.1) is 0 Å². The van der Waals surface area contributed by atoms with Gasteiger partial charge in [-0.3, -0.25) is 4.79 Å². The summed E-state index contributed by atoms with van der Waals surface area (Å²) in [4.78, 5) is 23.8. The third kappa shape index (κ3) is 2.39. The van der Waals surface area contributed by atoms with Gasteiger partial charge in [0.2, 0.25) is 5.91 Å². The molecule has 21 heavy (non-hydrogen) atoms. The number of nitrogens with one attached hydrogen (secondary N) is 1. The molecule has 0 heterocycles. The summed E-state index contributed by atoms with van der Waals surface area (Å²) in [5, 5.41) is 14.1. The molecule has 0 radical (unpaired) electrons. The van der Waals surface area contributed by atoms with Crippen LogP contribution in [-0.2, 0) is 9.59 Å². The largest absolute Gasteiger partial charge is 0.550 e. The van der Waals surface area contributed by atoms with E-state index in [0.29, 0.717) is 11.4 Å². The van der Waals surface area contributed by atoms with Crippen LogP contribution in [0, 0.1) is 23.7 Å². The first kappa shape index (κ1) is 13.7. The van der Waals surface area contributed by atoms with Crippen molar-refractivity contribution >= 4 is 17.6 Å². The molecule has 2 aliphatic carbocycles. The SMILES string of the molecule is COc1cccc(NC(=O)[C@@H]2[C@@H](C(=O)[O-])[C@H]3C=C[C@H]2C3)c1. The van der Waals surface area contributed by atoms with Crippen molar-refractivity contribution < 1.29 is 19.4 Å². The van der Waals surface area contributed by atoms with Crippen molar-refractivity contribution in [2.45, 2.75) is 6.42 Å². The molecule has 5 heteroatoms. The highest BCUT2D eigenvalue weighted by Gasteiger charge is 2.48. The van der Waals surface area contributed by atoms with Gasteiger partial charge in [-0.25, -0.2) is 0 Å². The summed E-state index contributed by atoms with van der Waals surface area (Å²) in [6, 6.07) is 7.00. The number of carbonyl (C=O) groups is 2. The van der Waals surface area contributed by atoms with Crippen LogP contribution in [0.1, 0.15) is 6.42 Å². The number of hydrogen-bond donors (Lipinski definition) is 1. The van der Waals surface area contributed by atoms with Gasteiger partial charge < -0.3 is 20.0 Å². The predicted molar refractivity (Wildman–Crippen MR) is 74.3 cm³/mol. The summed E-state index contributed by atoms with van der Waals surface area (Å²) < 4.78 is 5.10. The Morgan fingerprint density at radius 1 is 1.24 bits per heavy atom. The molecule has 3 rings (SSSR count). The van der Waals surface area contributed by atoms with Crippen LogP contribution in [0.2, 0.25) is 0 Å². The second kappa shape index (κ2) is 5.24. The minimum absolute atomic E-state index is 0.0106. The molecule has 0 unspecified atom stereocenters. The number of aliphatic carboxylic acids is 1. The van der Waals surface area contributed by atoms with Crippen LogP contribution in [0.4, 0.5) is 5.69 Å². The molecule has 1 aromatic rings. The maximum Gasteiger partial charge on any atom is 0.228 e. The van der Waals surface area contributed by atoms with Crippen LogP contribution in [0.5, 0.6) is 5.75 Å². The molecule has 5 nitrogen and oxygen atoms in total. The normalized spacial score (nSPS) is 29.4. The molecule has 4 atom stereocenters. The van der Waals surface area contributed by atoms with Gasteiger partial charge >= 0.3 is 0 Å². The van der Waals surface area contributed by atoms with Crippen LogP contribution < -0.4 is 15.2 Å². The zero-order valence-corrected chi connectivity index (χ0v) is 11.6. The summed E-state index contributed by atoms with van der Waals surface area (Å²) in [7, 11) is 1.55. The molecule has 0 spiro atoms. The Kier molecular flexibility index (Phi) is 3.41. The minimum atomic E-state index is -1.14. The van der Waals surface area contributed by atoms with Crippen LogP contribution in [0.3, 0.4) is 0 Å². The van der Waals surface area contributed by atoms with Crippen molar-refractivity contribution in [1.82, 2.24) is 0 Å². The van der Waals surface area contributed by atoms with Crippen LogP contribution in [0.25, 0.3) is 0 Å². The molecule has 0 aliphatic heterocycles. The number of benzene rings is 1. The Labute approximate surface area is 122 Å². The maximum absolute atomic E-state index is 12.4. The number of carboxylic acid groups (broad SMARTS) is 1. The summed E-state index contributed by atoms with van der Waals surface area (Å²) in [6.07, 6.45) is 4.55. The quantitative estimate of drug-likeness (QED) is 0.831. The number of allylic oxidation sites excluding steroid dienone is 2. The molecule has 1 amide bonds. The van der Waals surface area contributed by atoms with E-state index in [-0.39, 0.29) is 17.7 Å². The van der Waals surface area contributed by atoms with Crippen LogP contribution in [-0.4, -0.2) is 19.0 Å². The van der Waals surface area contributed by atoms with Crippen molar-refractivity contribution in [2.24, 2.45) is 23.7 Å². The smallest absolute Gasteiger partial charge is 0.228 e. The third-order valence-electron chi connectivity index (χ3n) is 4.37. The number of anilines is 1. The fourth-order valence-electron chi connectivity index (χ4n) is 3.43. The molecule has 1 saturated carbocycles. The van der Waals surface area contributed by atoms with E-state index in [2.05, 4.69) is 5.32 Å². The molecular weight excluding hydrogens is 270 g/mol. The zero-order valence-electron chi connectivity index (χ0n) is 11.6. The topological polar surface area (TPSA) is 78.5 Å². The molecular formula is C16H16NO4-. The van der Waals surface area contributed by atoms with E-state index in [1.54, 1.807) is 31.4 Å². The van der Waals surface area contributed by atoms with Gasteiger partial charge in [0.1, 0.15) is 5.75 Å². The van der Waals surface area contributed by atoms with Crippen LogP contribution in [0.15, 0.2) is 36.4 Å². The number of ether oxygens (including phenoxy) is 1.